The number of rotatable bonds is 11. The average Bonchev–Trinajstić information content (AvgIpc) is 3.43. The van der Waals surface area contributed by atoms with Crippen LogP contribution in [0.15, 0.2) is 139 Å². The molecule has 44 heavy (non-hydrogen) atoms. The van der Waals surface area contributed by atoms with Gasteiger partial charge in [0.15, 0.2) is 0 Å². The highest BCUT2D eigenvalue weighted by Gasteiger charge is 2.42. The summed E-state index contributed by atoms with van der Waals surface area (Å²) in [5.74, 6) is -0.250. The Kier molecular flexibility index (Phi) is 8.69. The van der Waals surface area contributed by atoms with Crippen molar-refractivity contribution in [3.63, 3.8) is 0 Å². The maximum atomic E-state index is 13.9. The van der Waals surface area contributed by atoms with Gasteiger partial charge in [-0.05, 0) is 73.9 Å². The standard InChI is InChI=1S/C39H37FN2O2/c1-42(2)26-12-25-38(32-20-22-36(40)23-21-32)37-24-19-30(27-31(37)29-43-38)28-41-44-39(33-13-6-3-7-14-33,34-15-8-4-9-16-34)35-17-10-5-11-18-35/h3-11,13-24,27-28H,12,25-26,29H2,1-2H3/b41-28+. The van der Waals surface area contributed by atoms with E-state index < -0.39 is 11.2 Å². The van der Waals surface area contributed by atoms with Gasteiger partial charge in [0.2, 0.25) is 5.60 Å². The van der Waals surface area contributed by atoms with E-state index in [0.29, 0.717) is 6.61 Å². The van der Waals surface area contributed by atoms with Crippen LogP contribution in [0.1, 0.15) is 51.8 Å². The van der Waals surface area contributed by atoms with Gasteiger partial charge < -0.3 is 14.5 Å². The normalized spacial score (nSPS) is 16.4. The monoisotopic (exact) mass is 584 g/mol. The van der Waals surface area contributed by atoms with Gasteiger partial charge in [0.25, 0.3) is 0 Å². The zero-order valence-electron chi connectivity index (χ0n) is 25.2. The van der Waals surface area contributed by atoms with Crippen molar-refractivity contribution in [1.82, 2.24) is 4.90 Å². The SMILES string of the molecule is CN(C)CCCC1(c2ccc(F)cc2)OCc2cc(/C=N/OC(c3ccccc3)(c3ccccc3)c3ccccc3)ccc21. The minimum Gasteiger partial charge on any atom is -0.375 e. The number of hydrogen-bond donors (Lipinski definition) is 0. The van der Waals surface area contributed by atoms with Crippen LogP contribution in [0.5, 0.6) is 0 Å². The summed E-state index contributed by atoms with van der Waals surface area (Å²) in [5.41, 5.74) is 5.50. The Bertz CT molecular complexity index is 1590. The summed E-state index contributed by atoms with van der Waals surface area (Å²) < 4.78 is 20.4. The summed E-state index contributed by atoms with van der Waals surface area (Å²) >= 11 is 0. The molecule has 5 aromatic carbocycles. The van der Waals surface area contributed by atoms with Crippen molar-refractivity contribution in [2.45, 2.75) is 30.7 Å². The Labute approximate surface area is 259 Å². The summed E-state index contributed by atoms with van der Waals surface area (Å²) in [6, 6.07) is 43.6. The zero-order valence-corrected chi connectivity index (χ0v) is 25.2. The van der Waals surface area contributed by atoms with Crippen molar-refractivity contribution in [2.75, 3.05) is 20.6 Å². The Balaban J connectivity index is 1.35. The summed E-state index contributed by atoms with van der Waals surface area (Å²) in [6.07, 6.45) is 3.52. The van der Waals surface area contributed by atoms with E-state index in [4.69, 9.17) is 9.57 Å². The molecule has 0 fully saturated rings. The molecule has 0 saturated heterocycles. The van der Waals surface area contributed by atoms with Gasteiger partial charge in [-0.25, -0.2) is 4.39 Å². The Morgan fingerprint density at radius 1 is 0.795 bits per heavy atom. The average molecular weight is 585 g/mol. The zero-order chi connectivity index (χ0) is 30.4. The predicted octanol–water partition coefficient (Wildman–Crippen LogP) is 8.28. The van der Waals surface area contributed by atoms with Crippen LogP contribution in [0.4, 0.5) is 4.39 Å². The Hall–Kier alpha value is -4.58. The van der Waals surface area contributed by atoms with Gasteiger partial charge in [-0.3, -0.25) is 0 Å². The second-order valence-corrected chi connectivity index (χ2v) is 11.6. The van der Waals surface area contributed by atoms with E-state index in [0.717, 1.165) is 58.3 Å². The van der Waals surface area contributed by atoms with Gasteiger partial charge in [-0.2, -0.15) is 0 Å². The minimum absolute atomic E-state index is 0.250. The van der Waals surface area contributed by atoms with Crippen LogP contribution in [0, 0.1) is 5.82 Å². The quantitative estimate of drug-likeness (QED) is 0.0890. The lowest BCUT2D eigenvalue weighted by Crippen LogP contribution is -2.31. The van der Waals surface area contributed by atoms with Crippen LogP contribution in [0.3, 0.4) is 0 Å². The summed E-state index contributed by atoms with van der Waals surface area (Å²) in [7, 11) is 4.15. The van der Waals surface area contributed by atoms with Gasteiger partial charge in [-0.15, -0.1) is 0 Å². The molecule has 222 valence electrons. The maximum Gasteiger partial charge on any atom is 0.212 e. The van der Waals surface area contributed by atoms with Gasteiger partial charge in [0.05, 0.1) is 12.8 Å². The molecule has 0 aliphatic carbocycles. The summed E-state index contributed by atoms with van der Waals surface area (Å²) in [6.45, 7) is 1.41. The number of hydrogen-bond acceptors (Lipinski definition) is 4. The minimum atomic E-state index is -0.940. The lowest BCUT2D eigenvalue weighted by atomic mass is 9.80. The Morgan fingerprint density at radius 3 is 1.91 bits per heavy atom. The smallest absolute Gasteiger partial charge is 0.212 e. The molecule has 0 N–H and O–H groups in total. The van der Waals surface area contributed by atoms with Gasteiger partial charge in [0.1, 0.15) is 11.4 Å². The first-order valence-electron chi connectivity index (χ1n) is 15.1. The molecule has 5 heteroatoms. The lowest BCUT2D eigenvalue weighted by molar-refractivity contribution is -0.0140. The van der Waals surface area contributed by atoms with E-state index in [-0.39, 0.29) is 5.82 Å². The fourth-order valence-corrected chi connectivity index (χ4v) is 6.28. The lowest BCUT2D eigenvalue weighted by Gasteiger charge is -2.33. The molecule has 0 spiro atoms. The molecule has 5 aromatic rings. The summed E-state index contributed by atoms with van der Waals surface area (Å²) in [4.78, 5) is 8.78. The van der Waals surface area contributed by atoms with Crippen LogP contribution in [0.25, 0.3) is 0 Å². The number of nitrogens with zero attached hydrogens (tertiary/aromatic N) is 2. The number of ether oxygens (including phenoxy) is 1. The molecule has 0 saturated carbocycles. The molecule has 1 atom stereocenters. The predicted molar refractivity (Wildman–Crippen MR) is 174 cm³/mol. The van der Waals surface area contributed by atoms with Crippen molar-refractivity contribution in [1.29, 1.82) is 0 Å². The van der Waals surface area contributed by atoms with Crippen LogP contribution in [-0.4, -0.2) is 31.8 Å². The van der Waals surface area contributed by atoms with E-state index in [1.54, 1.807) is 6.21 Å². The first kappa shape index (κ1) is 29.5. The molecule has 0 aromatic heterocycles. The highest BCUT2D eigenvalue weighted by atomic mass is 19.1. The molecule has 0 bridgehead atoms. The molecular weight excluding hydrogens is 547 g/mol. The third-order valence-electron chi connectivity index (χ3n) is 8.42. The fourth-order valence-electron chi connectivity index (χ4n) is 6.28. The van der Waals surface area contributed by atoms with Crippen molar-refractivity contribution in [3.05, 3.63) is 178 Å². The van der Waals surface area contributed by atoms with Crippen LogP contribution < -0.4 is 0 Å². The second kappa shape index (κ2) is 13.0. The first-order valence-corrected chi connectivity index (χ1v) is 15.1. The number of fused-ring (bicyclic) bond motifs is 1. The fraction of sp³-hybridized carbons (Fsp3) is 0.205. The van der Waals surface area contributed by atoms with Crippen molar-refractivity contribution < 1.29 is 14.0 Å². The maximum absolute atomic E-state index is 13.9. The molecule has 6 rings (SSSR count). The number of benzene rings is 5. The molecule has 1 aliphatic heterocycles. The van der Waals surface area contributed by atoms with Crippen molar-refractivity contribution in [2.24, 2.45) is 5.16 Å². The molecular formula is C39H37FN2O2. The van der Waals surface area contributed by atoms with Gasteiger partial charge in [-0.1, -0.05) is 120 Å². The highest BCUT2D eigenvalue weighted by Crippen LogP contribution is 2.46. The molecule has 1 unspecified atom stereocenters. The van der Waals surface area contributed by atoms with E-state index >= 15 is 0 Å². The molecule has 1 aliphatic rings. The first-order chi connectivity index (χ1) is 21.5. The molecule has 0 amide bonds. The third-order valence-corrected chi connectivity index (χ3v) is 8.42. The summed E-state index contributed by atoms with van der Waals surface area (Å²) in [5, 5.41) is 4.63. The van der Waals surface area contributed by atoms with E-state index in [1.165, 1.54) is 12.1 Å². The van der Waals surface area contributed by atoms with E-state index in [1.807, 2.05) is 66.7 Å². The topological polar surface area (TPSA) is 34.1 Å². The van der Waals surface area contributed by atoms with Gasteiger partial charge >= 0.3 is 0 Å². The van der Waals surface area contributed by atoms with Crippen LogP contribution >= 0.6 is 0 Å². The molecule has 4 nitrogen and oxygen atoms in total. The highest BCUT2D eigenvalue weighted by molar-refractivity contribution is 5.80. The van der Waals surface area contributed by atoms with Crippen LogP contribution in [-0.2, 0) is 27.4 Å². The molecule has 1 heterocycles. The van der Waals surface area contributed by atoms with E-state index in [9.17, 15) is 4.39 Å². The van der Waals surface area contributed by atoms with Crippen molar-refractivity contribution in [3.8, 4) is 0 Å². The number of oxime groups is 1. The van der Waals surface area contributed by atoms with E-state index in [2.05, 4.69) is 78.7 Å². The second-order valence-electron chi connectivity index (χ2n) is 11.6. The third kappa shape index (κ3) is 5.81. The largest absolute Gasteiger partial charge is 0.375 e. The van der Waals surface area contributed by atoms with Crippen molar-refractivity contribution >= 4 is 6.21 Å². The Morgan fingerprint density at radius 2 is 1.36 bits per heavy atom. The van der Waals surface area contributed by atoms with Crippen LogP contribution in [0.2, 0.25) is 0 Å². The van der Waals surface area contributed by atoms with Gasteiger partial charge in [0, 0.05) is 16.7 Å². The molecule has 0 radical (unpaired) electrons. The number of halogens is 1.